The summed E-state index contributed by atoms with van der Waals surface area (Å²) >= 11 is 0. The Labute approximate surface area is 205 Å². The number of aliphatic hydroxyl groups is 5. The summed E-state index contributed by atoms with van der Waals surface area (Å²) in [4.78, 5) is 12.1. The summed E-state index contributed by atoms with van der Waals surface area (Å²) in [7, 11) is 0. The van der Waals surface area contributed by atoms with Crippen LogP contribution >= 0.6 is 0 Å². The predicted molar refractivity (Wildman–Crippen MR) is 118 cm³/mol. The molecule has 3 heterocycles. The van der Waals surface area contributed by atoms with Crippen LogP contribution in [0.4, 0.5) is 0 Å². The van der Waals surface area contributed by atoms with Gasteiger partial charge in [-0.25, -0.2) is 4.79 Å². The highest BCUT2D eigenvalue weighted by molar-refractivity contribution is 5.87. The molecule has 0 bridgehead atoms. The Morgan fingerprint density at radius 3 is 2.50 bits per heavy atom. The van der Waals surface area contributed by atoms with E-state index in [0.717, 1.165) is 6.08 Å². The van der Waals surface area contributed by atoms with E-state index < -0.39 is 79.2 Å². The Hall–Kier alpha value is -2.55. The second-order valence-electron chi connectivity index (χ2n) is 9.28. The van der Waals surface area contributed by atoms with E-state index in [9.17, 15) is 35.4 Å². The van der Waals surface area contributed by atoms with Crippen LogP contribution in [0.3, 0.4) is 0 Å². The lowest BCUT2D eigenvalue weighted by molar-refractivity contribution is -0.344. The molecule has 1 saturated carbocycles. The van der Waals surface area contributed by atoms with Gasteiger partial charge in [-0.3, -0.25) is 0 Å². The van der Waals surface area contributed by atoms with Crippen molar-refractivity contribution in [3.63, 3.8) is 0 Å². The number of aromatic hydroxyl groups is 1. The Morgan fingerprint density at radius 1 is 1.03 bits per heavy atom. The Kier molecular flexibility index (Phi) is 6.78. The minimum atomic E-state index is -1.68. The molecular formula is C24H28O12. The van der Waals surface area contributed by atoms with Crippen molar-refractivity contribution in [3.05, 3.63) is 48.2 Å². The van der Waals surface area contributed by atoms with Gasteiger partial charge in [-0.1, -0.05) is 12.1 Å². The van der Waals surface area contributed by atoms with Crippen molar-refractivity contribution in [2.45, 2.75) is 54.8 Å². The van der Waals surface area contributed by atoms with Gasteiger partial charge in [0.2, 0.25) is 6.29 Å². The molecule has 0 unspecified atom stereocenters. The minimum Gasteiger partial charge on any atom is -0.508 e. The molecule has 0 radical (unpaired) electrons. The molecule has 196 valence electrons. The second kappa shape index (κ2) is 9.72. The van der Waals surface area contributed by atoms with Gasteiger partial charge >= 0.3 is 5.97 Å². The van der Waals surface area contributed by atoms with E-state index >= 15 is 0 Å². The maximum atomic E-state index is 12.1. The number of aliphatic hydroxyl groups excluding tert-OH is 5. The highest BCUT2D eigenvalue weighted by atomic mass is 16.8. The average molecular weight is 508 g/mol. The molecule has 6 N–H and O–H groups in total. The van der Waals surface area contributed by atoms with Crippen molar-refractivity contribution < 1.29 is 59.1 Å². The van der Waals surface area contributed by atoms with Gasteiger partial charge in [-0.2, -0.15) is 0 Å². The van der Waals surface area contributed by atoms with Crippen LogP contribution in [0.15, 0.2) is 42.7 Å². The summed E-state index contributed by atoms with van der Waals surface area (Å²) in [5, 5.41) is 60.8. The van der Waals surface area contributed by atoms with Crippen LogP contribution in [0.1, 0.15) is 5.56 Å². The third-order valence-corrected chi connectivity index (χ3v) is 7.14. The number of fused-ring (bicyclic) bond motifs is 3. The number of hydrogen-bond acceptors (Lipinski definition) is 12. The third kappa shape index (κ3) is 4.40. The monoisotopic (exact) mass is 508 g/mol. The minimum absolute atomic E-state index is 0.0842. The molecule has 36 heavy (non-hydrogen) atoms. The smallest absolute Gasteiger partial charge is 0.330 e. The number of epoxide rings is 1. The SMILES string of the molecule is O=C(C=Cc1ccc(O)cc1)OC[C@H]1O[C@@H](O[C@@H]2OC=C[C@H]3[C@H](O)[C@@H]4O[C@]4(CO)[C@@H]23)[C@H](O)[C@@H](O)[C@@H]1O. The van der Waals surface area contributed by atoms with Gasteiger partial charge in [0, 0.05) is 12.0 Å². The van der Waals surface area contributed by atoms with Crippen LogP contribution in [0, 0.1) is 11.8 Å². The molecule has 0 spiro atoms. The maximum Gasteiger partial charge on any atom is 0.330 e. The first-order valence-corrected chi connectivity index (χ1v) is 11.5. The van der Waals surface area contributed by atoms with E-state index in [2.05, 4.69) is 0 Å². The number of ether oxygens (including phenoxy) is 5. The van der Waals surface area contributed by atoms with Crippen LogP contribution in [0.5, 0.6) is 5.75 Å². The van der Waals surface area contributed by atoms with Gasteiger partial charge in [0.05, 0.1) is 24.9 Å². The van der Waals surface area contributed by atoms with Crippen LogP contribution in [0.2, 0.25) is 0 Å². The van der Waals surface area contributed by atoms with Crippen molar-refractivity contribution >= 4 is 12.0 Å². The highest BCUT2D eigenvalue weighted by Gasteiger charge is 2.75. The fourth-order valence-corrected chi connectivity index (χ4v) is 5.12. The van der Waals surface area contributed by atoms with Gasteiger partial charge in [-0.15, -0.1) is 0 Å². The molecule has 12 nitrogen and oxygen atoms in total. The first-order valence-electron chi connectivity index (χ1n) is 11.5. The lowest BCUT2D eigenvalue weighted by Gasteiger charge is -2.43. The molecule has 1 aromatic rings. The van der Waals surface area contributed by atoms with Crippen LogP contribution in [-0.2, 0) is 28.5 Å². The molecule has 3 aliphatic heterocycles. The van der Waals surface area contributed by atoms with Crippen molar-refractivity contribution in [1.82, 2.24) is 0 Å². The topological polar surface area (TPSA) is 188 Å². The normalized spacial score (nSPS) is 43.0. The molecule has 4 aliphatic rings. The van der Waals surface area contributed by atoms with Crippen molar-refractivity contribution in [2.24, 2.45) is 11.8 Å². The van der Waals surface area contributed by atoms with E-state index in [1.54, 1.807) is 18.2 Å². The van der Waals surface area contributed by atoms with E-state index in [1.807, 2.05) is 0 Å². The summed E-state index contributed by atoms with van der Waals surface area (Å²) in [6.07, 6.45) is -4.61. The molecule has 11 atom stereocenters. The number of esters is 1. The molecular weight excluding hydrogens is 480 g/mol. The quantitative estimate of drug-likeness (QED) is 0.141. The highest BCUT2D eigenvalue weighted by Crippen LogP contribution is 2.59. The fourth-order valence-electron chi connectivity index (χ4n) is 5.12. The first-order chi connectivity index (χ1) is 17.2. The summed E-state index contributed by atoms with van der Waals surface area (Å²) < 4.78 is 27.6. The van der Waals surface area contributed by atoms with Gasteiger partial charge in [0.15, 0.2) is 6.29 Å². The number of benzene rings is 1. The van der Waals surface area contributed by atoms with E-state index in [1.165, 1.54) is 24.5 Å². The zero-order chi connectivity index (χ0) is 25.6. The van der Waals surface area contributed by atoms with Gasteiger partial charge < -0.3 is 54.3 Å². The largest absolute Gasteiger partial charge is 0.508 e. The van der Waals surface area contributed by atoms with Crippen molar-refractivity contribution in [3.8, 4) is 5.75 Å². The predicted octanol–water partition coefficient (Wildman–Crippen LogP) is -1.62. The van der Waals surface area contributed by atoms with E-state index in [4.69, 9.17) is 23.7 Å². The van der Waals surface area contributed by atoms with Crippen LogP contribution in [-0.4, -0.2) is 105 Å². The molecule has 2 saturated heterocycles. The molecule has 0 aromatic heterocycles. The number of hydrogen-bond donors (Lipinski definition) is 6. The standard InChI is InChI=1S/C24H28O12/c25-10-24-16-13(17(28)21(24)36-24)7-8-32-22(16)35-23-20(31)19(30)18(29)14(34-23)9-33-15(27)6-3-11-1-4-12(26)5-2-11/h1-8,13-14,16-23,25-26,28-31H,9-10H2/t13-,14-,16-,17+,18-,19+,20-,21+,22+,23+,24-/m1/s1. The number of phenols is 1. The van der Waals surface area contributed by atoms with E-state index in [0.29, 0.717) is 5.56 Å². The molecule has 0 amide bonds. The lowest BCUT2D eigenvalue weighted by Crippen LogP contribution is -2.60. The number of carbonyl (C=O) groups excluding carboxylic acids is 1. The molecule has 5 rings (SSSR count). The van der Waals surface area contributed by atoms with E-state index in [-0.39, 0.29) is 12.4 Å². The Morgan fingerprint density at radius 2 is 1.78 bits per heavy atom. The Balaban J connectivity index is 1.22. The molecule has 1 aliphatic carbocycles. The molecule has 3 fully saturated rings. The zero-order valence-corrected chi connectivity index (χ0v) is 18.9. The summed E-state index contributed by atoms with van der Waals surface area (Å²) in [5.41, 5.74) is -0.416. The number of carbonyl (C=O) groups is 1. The fraction of sp³-hybridized carbons (Fsp3) is 0.542. The van der Waals surface area contributed by atoms with Gasteiger partial charge in [0.1, 0.15) is 48.5 Å². The van der Waals surface area contributed by atoms with Crippen molar-refractivity contribution in [1.29, 1.82) is 0 Å². The summed E-state index contributed by atoms with van der Waals surface area (Å²) in [5.74, 6) is -1.71. The second-order valence-corrected chi connectivity index (χ2v) is 9.28. The summed E-state index contributed by atoms with van der Waals surface area (Å²) in [6, 6.07) is 6.11. The number of rotatable bonds is 7. The zero-order valence-electron chi connectivity index (χ0n) is 18.9. The van der Waals surface area contributed by atoms with Gasteiger partial charge in [-0.05, 0) is 29.8 Å². The first kappa shape index (κ1) is 25.1. The van der Waals surface area contributed by atoms with Crippen molar-refractivity contribution in [2.75, 3.05) is 13.2 Å². The van der Waals surface area contributed by atoms with Gasteiger partial charge in [0.25, 0.3) is 0 Å². The molecule has 1 aromatic carbocycles. The third-order valence-electron chi connectivity index (χ3n) is 7.14. The van der Waals surface area contributed by atoms with Crippen LogP contribution < -0.4 is 0 Å². The average Bonchev–Trinajstić information content (AvgIpc) is 3.57. The Bertz CT molecular complexity index is 1010. The number of phenolic OH excluding ortho intramolecular Hbond substituents is 1. The molecule has 12 heteroatoms. The van der Waals surface area contributed by atoms with Crippen LogP contribution in [0.25, 0.3) is 6.08 Å². The summed E-state index contributed by atoms with van der Waals surface area (Å²) in [6.45, 7) is -0.829. The lowest BCUT2D eigenvalue weighted by atomic mass is 9.85. The maximum absolute atomic E-state index is 12.1.